The van der Waals surface area contributed by atoms with Gasteiger partial charge in [-0.25, -0.2) is 8.93 Å². The smallest absolute Gasteiger partial charge is 0.220 e. The zero-order chi connectivity index (χ0) is 48.7. The maximum Gasteiger partial charge on any atom is 0.220 e. The van der Waals surface area contributed by atoms with Gasteiger partial charge in [-0.05, 0) is 115 Å². The number of benzene rings is 4. The highest BCUT2D eigenvalue weighted by molar-refractivity contribution is 7.97. The van der Waals surface area contributed by atoms with Crippen LogP contribution in [0.5, 0.6) is 0 Å². The third kappa shape index (κ3) is 18.8. The van der Waals surface area contributed by atoms with Gasteiger partial charge in [0.15, 0.2) is 0 Å². The van der Waals surface area contributed by atoms with Gasteiger partial charge in [-0.15, -0.1) is 0 Å². The number of fused-ring (bicyclic) bond motifs is 2. The first-order chi connectivity index (χ1) is 33.0. The third-order valence-electron chi connectivity index (χ3n) is 11.0. The molecule has 1 amide bonds. The number of nitrogens with zero attached hydrogens (tertiary/aromatic N) is 2. The zero-order valence-electron chi connectivity index (χ0n) is 39.0. The summed E-state index contributed by atoms with van der Waals surface area (Å²) in [6.07, 6.45) is 1.20. The molecule has 0 saturated heterocycles. The molecule has 2 heterocycles. The second-order valence-corrected chi connectivity index (χ2v) is 20.3. The first kappa shape index (κ1) is 56.2. The third-order valence-corrected chi connectivity index (χ3v) is 14.1. The van der Waals surface area contributed by atoms with Crippen LogP contribution in [-0.4, -0.2) is 139 Å². The van der Waals surface area contributed by atoms with E-state index in [2.05, 4.69) is 74.3 Å². The minimum atomic E-state index is -1.32. The molecule has 2 aliphatic heterocycles. The van der Waals surface area contributed by atoms with Crippen LogP contribution in [0.3, 0.4) is 0 Å². The van der Waals surface area contributed by atoms with E-state index in [9.17, 15) is 13.8 Å². The lowest BCUT2D eigenvalue weighted by Crippen LogP contribution is -2.31. The van der Waals surface area contributed by atoms with Crippen LogP contribution < -0.4 is 20.1 Å². The lowest BCUT2D eigenvalue weighted by Gasteiger charge is -2.33. The van der Waals surface area contributed by atoms with Crippen LogP contribution in [0.4, 0.5) is 0 Å². The molecule has 4 aromatic rings. The summed E-state index contributed by atoms with van der Waals surface area (Å²) in [5.41, 5.74) is 6.93. The predicted octanol–water partition coefficient (Wildman–Crippen LogP) is 7.73. The molecule has 0 saturated carbocycles. The second-order valence-electron chi connectivity index (χ2n) is 16.3. The number of ether oxygens (including phenoxy) is 4. The Morgan fingerprint density at radius 3 is 1.81 bits per heavy atom. The fraction of sp³-hybridized carbons (Fsp3) is 0.469. The number of hydrogen-bond donors (Lipinski definition) is 4. The summed E-state index contributed by atoms with van der Waals surface area (Å²) in [5, 5.41) is 8.44. The number of carbonyl (C=O) groups is 2. The van der Waals surface area contributed by atoms with E-state index in [0.717, 1.165) is 76.1 Å². The number of carbonyl (C=O) groups excluding carboxylic acids is 2. The fourth-order valence-corrected chi connectivity index (χ4v) is 10.5. The predicted molar refractivity (Wildman–Crippen MR) is 276 cm³/mol. The van der Waals surface area contributed by atoms with Crippen molar-refractivity contribution in [3.8, 4) is 0 Å². The van der Waals surface area contributed by atoms with E-state index >= 15 is 0 Å². The van der Waals surface area contributed by atoms with Crippen molar-refractivity contribution < 1.29 is 32.7 Å². The van der Waals surface area contributed by atoms with Gasteiger partial charge >= 0.3 is 0 Å². The number of amides is 1. The largest absolute Gasteiger partial charge is 0.378 e. The molecule has 4 aromatic carbocycles. The standard InChI is InChI=1S/C26H33Cl2N3O4S.C23H31Cl2N3O3S/c1-31-17-23(22-15-20(27)16-25(28)24(22)18-31)19-4-2-5-21(14-19)36-30-8-11-35-13-12-34-10-7-29-26(33)6-3-9-32;1-26-6-8-30-10-11-31-9-7-27-32(29)19-5-3-4-17(12-19)21-15-28(2)16-22-20(21)13-18(24)14-23(22)25/h2,4-5,9,14-16,23,30H,3,6-8,10-13,17-18H2,1H3,(H,29,33);3-5,12-14,21,26-27H,6-11,15-16H2,1-2H3. The summed E-state index contributed by atoms with van der Waals surface area (Å²) in [7, 11) is 4.76. The Morgan fingerprint density at radius 2 is 1.24 bits per heavy atom. The van der Waals surface area contributed by atoms with Crippen molar-refractivity contribution in [3.05, 3.63) is 126 Å². The number of rotatable bonds is 27. The van der Waals surface area contributed by atoms with E-state index in [1.807, 2.05) is 43.4 Å². The Labute approximate surface area is 428 Å². The highest BCUT2D eigenvalue weighted by Crippen LogP contribution is 2.40. The van der Waals surface area contributed by atoms with E-state index < -0.39 is 11.0 Å². The van der Waals surface area contributed by atoms with Crippen LogP contribution in [-0.2, 0) is 52.6 Å². The molecule has 0 fully saturated rings. The van der Waals surface area contributed by atoms with Gasteiger partial charge in [0.25, 0.3) is 0 Å². The fourth-order valence-electron chi connectivity index (χ4n) is 7.80. The number of likely N-dealkylation sites (N-methyl/N-ethyl adjacent to an activating group) is 3. The van der Waals surface area contributed by atoms with Crippen molar-refractivity contribution in [2.75, 3.05) is 113 Å². The number of halogens is 4. The van der Waals surface area contributed by atoms with Gasteiger partial charge in [0.05, 0.1) is 57.8 Å². The molecule has 0 radical (unpaired) electrons. The van der Waals surface area contributed by atoms with E-state index in [4.69, 9.17) is 65.4 Å². The Kier molecular flexibility index (Phi) is 25.6. The summed E-state index contributed by atoms with van der Waals surface area (Å²) in [5.74, 6) is 0.187. The normalized spacial score (nSPS) is 16.3. The highest BCUT2D eigenvalue weighted by Gasteiger charge is 2.29. The van der Waals surface area contributed by atoms with Crippen molar-refractivity contribution >= 4 is 81.5 Å². The highest BCUT2D eigenvalue weighted by atomic mass is 35.5. The molecule has 6 rings (SSSR count). The van der Waals surface area contributed by atoms with Gasteiger partial charge < -0.3 is 44.2 Å². The molecule has 0 bridgehead atoms. The van der Waals surface area contributed by atoms with Gasteiger partial charge in [-0.1, -0.05) is 70.7 Å². The summed E-state index contributed by atoms with van der Waals surface area (Å²) in [6.45, 7) is 9.95. The minimum Gasteiger partial charge on any atom is -0.378 e. The zero-order valence-corrected chi connectivity index (χ0v) is 43.6. The lowest BCUT2D eigenvalue weighted by molar-refractivity contribution is -0.122. The minimum absolute atomic E-state index is 0.114. The van der Waals surface area contributed by atoms with Crippen LogP contribution in [0.2, 0.25) is 20.1 Å². The molecule has 3 atom stereocenters. The van der Waals surface area contributed by atoms with E-state index in [1.165, 1.54) is 11.1 Å². The van der Waals surface area contributed by atoms with Crippen LogP contribution in [0, 0.1) is 0 Å². The molecule has 4 N–H and O–H groups in total. The van der Waals surface area contributed by atoms with Gasteiger partial charge in [-0.3, -0.25) is 9.52 Å². The van der Waals surface area contributed by atoms with E-state index in [0.29, 0.717) is 87.6 Å². The first-order valence-corrected chi connectivity index (χ1v) is 26.2. The maximum absolute atomic E-state index is 12.8. The van der Waals surface area contributed by atoms with Crippen LogP contribution in [0.1, 0.15) is 58.1 Å². The maximum atomic E-state index is 12.8. The second kappa shape index (κ2) is 30.9. The molecular formula is C49H64Cl4N6O7S2. The SMILES string of the molecule is CN1Cc2c(Cl)cc(Cl)cc2C(c2cccc(SNCCOCCOCCNC(=O)CCC=O)c2)C1.CNCCOCCOCCNS(=O)c1cccc(C2CN(C)Cc3c(Cl)cc(Cl)cc32)c1. The van der Waals surface area contributed by atoms with Crippen LogP contribution in [0.15, 0.2) is 82.6 Å². The van der Waals surface area contributed by atoms with Crippen molar-refractivity contribution in [2.24, 2.45) is 0 Å². The number of hydrogen-bond acceptors (Lipinski definition) is 12. The van der Waals surface area contributed by atoms with Crippen molar-refractivity contribution in [1.82, 2.24) is 29.9 Å². The molecule has 2 aliphatic rings. The van der Waals surface area contributed by atoms with Crippen molar-refractivity contribution in [2.45, 2.75) is 47.6 Å². The Hall–Kier alpha value is -2.68. The van der Waals surface area contributed by atoms with Crippen molar-refractivity contribution in [1.29, 1.82) is 0 Å². The topological polar surface area (TPSA) is 143 Å². The summed E-state index contributed by atoms with van der Waals surface area (Å²) >= 11 is 27.2. The van der Waals surface area contributed by atoms with Gasteiger partial charge in [0.2, 0.25) is 5.91 Å². The summed E-state index contributed by atoms with van der Waals surface area (Å²) < 4.78 is 41.1. The van der Waals surface area contributed by atoms with Gasteiger partial charge in [0.1, 0.15) is 17.3 Å². The molecular weight excluding hydrogens is 991 g/mol. The first-order valence-electron chi connectivity index (χ1n) is 22.7. The molecule has 0 spiro atoms. The Bertz CT molecular complexity index is 2230. The van der Waals surface area contributed by atoms with Gasteiger partial charge in [0, 0.05) is 102 Å². The van der Waals surface area contributed by atoms with E-state index in [1.54, 1.807) is 18.0 Å². The molecule has 0 aliphatic carbocycles. The lowest BCUT2D eigenvalue weighted by atomic mass is 9.85. The molecule has 19 heteroatoms. The quantitative estimate of drug-likeness (QED) is 0.0264. The molecule has 68 heavy (non-hydrogen) atoms. The summed E-state index contributed by atoms with van der Waals surface area (Å²) in [4.78, 5) is 28.0. The van der Waals surface area contributed by atoms with Crippen LogP contribution >= 0.6 is 58.4 Å². The number of aldehydes is 1. The molecule has 13 nitrogen and oxygen atoms in total. The van der Waals surface area contributed by atoms with Crippen molar-refractivity contribution in [3.63, 3.8) is 0 Å². The molecule has 372 valence electrons. The Balaban J connectivity index is 0.000000256. The average Bonchev–Trinajstić information content (AvgIpc) is 3.32. The number of nitrogens with one attached hydrogen (secondary N) is 4. The summed E-state index contributed by atoms with van der Waals surface area (Å²) in [6, 6.07) is 24.1. The molecule has 0 aromatic heterocycles. The average molecular weight is 1060 g/mol. The van der Waals surface area contributed by atoms with Crippen LogP contribution in [0.25, 0.3) is 0 Å². The molecule has 3 unspecified atom stereocenters. The monoisotopic (exact) mass is 1050 g/mol. The Morgan fingerprint density at radius 1 is 0.706 bits per heavy atom. The van der Waals surface area contributed by atoms with Gasteiger partial charge in [-0.2, -0.15) is 0 Å². The van der Waals surface area contributed by atoms with E-state index in [-0.39, 0.29) is 30.6 Å².